The number of hydrogen-bond donors (Lipinski definition) is 0. The van der Waals surface area contributed by atoms with E-state index >= 15 is 0 Å². The zero-order valence-corrected chi connectivity index (χ0v) is 14.5. The summed E-state index contributed by atoms with van der Waals surface area (Å²) in [7, 11) is 0. The van der Waals surface area contributed by atoms with Crippen LogP contribution in [-0.4, -0.2) is 36.1 Å². The van der Waals surface area contributed by atoms with Gasteiger partial charge in [-0.15, -0.1) is 0 Å². The molecular formula is C19H18F4N4. The second kappa shape index (κ2) is 7.92. The lowest BCUT2D eigenvalue weighted by atomic mass is 10.1. The molecule has 0 N–H and O–H groups in total. The smallest absolute Gasteiger partial charge is 0.355 e. The number of benzene rings is 1. The molecule has 0 saturated carbocycles. The van der Waals surface area contributed by atoms with Gasteiger partial charge in [0.05, 0.1) is 17.2 Å². The van der Waals surface area contributed by atoms with E-state index in [1.807, 2.05) is 11.0 Å². The predicted molar refractivity (Wildman–Crippen MR) is 92.5 cm³/mol. The Bertz CT molecular complexity index is 827. The molecule has 0 atom stereocenters. The lowest BCUT2D eigenvalue weighted by molar-refractivity contribution is -0.137. The summed E-state index contributed by atoms with van der Waals surface area (Å²) in [5.74, 6) is 0.155. The maximum absolute atomic E-state index is 14.0. The number of aromatic nitrogens is 1. The van der Waals surface area contributed by atoms with Crippen LogP contribution in [0, 0.1) is 17.1 Å². The summed E-state index contributed by atoms with van der Waals surface area (Å²) >= 11 is 0. The topological polar surface area (TPSA) is 43.2 Å². The molecule has 0 radical (unpaired) electrons. The van der Waals surface area contributed by atoms with Crippen molar-refractivity contribution in [2.45, 2.75) is 19.1 Å². The van der Waals surface area contributed by atoms with E-state index in [1.165, 1.54) is 18.2 Å². The van der Waals surface area contributed by atoms with Crippen molar-refractivity contribution in [1.29, 1.82) is 5.26 Å². The number of rotatable bonds is 3. The standard InChI is InChI=1S/C19H18F4N4/c20-17-4-2-14(11-24)10-15(17)13-26-6-1-7-27(9-8-26)18-5-3-16(12-25-18)19(21,22)23/h2-5,10,12H,1,6-9,13H2. The highest BCUT2D eigenvalue weighted by Crippen LogP contribution is 2.29. The third-order valence-corrected chi connectivity index (χ3v) is 4.56. The number of halogens is 4. The highest BCUT2D eigenvalue weighted by molar-refractivity contribution is 5.40. The third kappa shape index (κ3) is 4.74. The van der Waals surface area contributed by atoms with Crippen molar-refractivity contribution in [3.05, 3.63) is 59.0 Å². The monoisotopic (exact) mass is 378 g/mol. The van der Waals surface area contributed by atoms with Gasteiger partial charge in [0, 0.05) is 44.5 Å². The minimum absolute atomic E-state index is 0.348. The zero-order chi connectivity index (χ0) is 19.4. The first kappa shape index (κ1) is 19.1. The average Bonchev–Trinajstić information content (AvgIpc) is 2.88. The number of alkyl halides is 3. The number of pyridine rings is 1. The van der Waals surface area contributed by atoms with Crippen LogP contribution < -0.4 is 4.90 Å². The number of anilines is 1. The van der Waals surface area contributed by atoms with Crippen molar-refractivity contribution in [2.75, 3.05) is 31.1 Å². The fourth-order valence-corrected chi connectivity index (χ4v) is 3.11. The van der Waals surface area contributed by atoms with E-state index < -0.39 is 11.7 Å². The molecule has 0 bridgehead atoms. The van der Waals surface area contributed by atoms with E-state index in [2.05, 4.69) is 9.88 Å². The van der Waals surface area contributed by atoms with Gasteiger partial charge in [0.25, 0.3) is 0 Å². The molecular weight excluding hydrogens is 360 g/mol. The van der Waals surface area contributed by atoms with E-state index in [0.29, 0.717) is 43.1 Å². The Balaban J connectivity index is 1.65. The van der Waals surface area contributed by atoms with Crippen LogP contribution in [-0.2, 0) is 12.7 Å². The van der Waals surface area contributed by atoms with Gasteiger partial charge in [-0.25, -0.2) is 9.37 Å². The molecule has 142 valence electrons. The highest BCUT2D eigenvalue weighted by atomic mass is 19.4. The van der Waals surface area contributed by atoms with Gasteiger partial charge in [-0.05, 0) is 36.8 Å². The van der Waals surface area contributed by atoms with E-state index in [9.17, 15) is 17.6 Å². The minimum atomic E-state index is -4.40. The fourth-order valence-electron chi connectivity index (χ4n) is 3.11. The number of nitriles is 1. The summed E-state index contributed by atoms with van der Waals surface area (Å²) in [6.45, 7) is 2.98. The van der Waals surface area contributed by atoms with Crippen LogP contribution in [0.1, 0.15) is 23.1 Å². The van der Waals surface area contributed by atoms with Crippen molar-refractivity contribution in [3.8, 4) is 6.07 Å². The van der Waals surface area contributed by atoms with Crippen LogP contribution in [0.4, 0.5) is 23.4 Å². The van der Waals surface area contributed by atoms with E-state index in [4.69, 9.17) is 5.26 Å². The van der Waals surface area contributed by atoms with Crippen molar-refractivity contribution in [3.63, 3.8) is 0 Å². The molecule has 0 aliphatic carbocycles. The molecule has 1 aromatic heterocycles. The molecule has 27 heavy (non-hydrogen) atoms. The van der Waals surface area contributed by atoms with Gasteiger partial charge in [-0.3, -0.25) is 4.90 Å². The molecule has 2 heterocycles. The fraction of sp³-hybridized carbons (Fsp3) is 0.368. The highest BCUT2D eigenvalue weighted by Gasteiger charge is 2.31. The maximum Gasteiger partial charge on any atom is 0.417 e. The Morgan fingerprint density at radius 3 is 2.56 bits per heavy atom. The Morgan fingerprint density at radius 2 is 1.89 bits per heavy atom. The normalized spacial score (nSPS) is 16.0. The Kier molecular flexibility index (Phi) is 5.61. The molecule has 0 amide bonds. The van der Waals surface area contributed by atoms with E-state index in [0.717, 1.165) is 25.2 Å². The third-order valence-electron chi connectivity index (χ3n) is 4.56. The first-order valence-corrected chi connectivity index (χ1v) is 8.56. The second-order valence-corrected chi connectivity index (χ2v) is 6.44. The van der Waals surface area contributed by atoms with Crippen LogP contribution >= 0.6 is 0 Å². The zero-order valence-electron chi connectivity index (χ0n) is 14.5. The predicted octanol–water partition coefficient (Wildman–Crippen LogP) is 3.82. The second-order valence-electron chi connectivity index (χ2n) is 6.44. The number of hydrogen-bond acceptors (Lipinski definition) is 4. The molecule has 1 aliphatic heterocycles. The van der Waals surface area contributed by atoms with Gasteiger partial charge in [-0.1, -0.05) is 0 Å². The van der Waals surface area contributed by atoms with Gasteiger partial charge in [0.15, 0.2) is 0 Å². The van der Waals surface area contributed by atoms with Gasteiger partial charge < -0.3 is 4.90 Å². The first-order valence-electron chi connectivity index (χ1n) is 8.56. The molecule has 0 unspecified atom stereocenters. The average molecular weight is 378 g/mol. The van der Waals surface area contributed by atoms with Crippen LogP contribution in [0.25, 0.3) is 0 Å². The first-order chi connectivity index (χ1) is 12.9. The molecule has 1 saturated heterocycles. The van der Waals surface area contributed by atoms with Gasteiger partial charge in [0.2, 0.25) is 0 Å². The molecule has 2 aromatic rings. The largest absolute Gasteiger partial charge is 0.417 e. The Labute approximate surface area is 154 Å². The molecule has 1 fully saturated rings. The van der Waals surface area contributed by atoms with Crippen molar-refractivity contribution >= 4 is 5.82 Å². The van der Waals surface area contributed by atoms with Crippen molar-refractivity contribution < 1.29 is 17.6 Å². The van der Waals surface area contributed by atoms with Gasteiger partial charge in [-0.2, -0.15) is 18.4 Å². The molecule has 0 spiro atoms. The SMILES string of the molecule is N#Cc1ccc(F)c(CN2CCCN(c3ccc(C(F)(F)F)cn3)CC2)c1. The van der Waals surface area contributed by atoms with Gasteiger partial charge >= 0.3 is 6.18 Å². The quantitative estimate of drug-likeness (QED) is 0.762. The molecule has 1 aromatic carbocycles. The van der Waals surface area contributed by atoms with Crippen LogP contribution in [0.3, 0.4) is 0 Å². The lowest BCUT2D eigenvalue weighted by Gasteiger charge is -2.23. The van der Waals surface area contributed by atoms with Crippen molar-refractivity contribution in [1.82, 2.24) is 9.88 Å². The van der Waals surface area contributed by atoms with Crippen LogP contribution in [0.15, 0.2) is 36.5 Å². The minimum Gasteiger partial charge on any atom is -0.355 e. The van der Waals surface area contributed by atoms with Crippen molar-refractivity contribution in [2.24, 2.45) is 0 Å². The van der Waals surface area contributed by atoms with Crippen LogP contribution in [0.2, 0.25) is 0 Å². The summed E-state index contributed by atoms with van der Waals surface area (Å²) in [6.07, 6.45) is -2.77. The Morgan fingerprint density at radius 1 is 1.07 bits per heavy atom. The summed E-state index contributed by atoms with van der Waals surface area (Å²) < 4.78 is 52.0. The van der Waals surface area contributed by atoms with E-state index in [-0.39, 0.29) is 5.82 Å². The maximum atomic E-state index is 14.0. The summed E-state index contributed by atoms with van der Waals surface area (Å²) in [5.41, 5.74) is 0.113. The molecule has 3 rings (SSSR count). The van der Waals surface area contributed by atoms with E-state index in [1.54, 1.807) is 6.07 Å². The molecule has 4 nitrogen and oxygen atoms in total. The summed E-state index contributed by atoms with van der Waals surface area (Å²) in [6, 6.07) is 8.72. The Hall–Kier alpha value is -2.66. The molecule has 8 heteroatoms. The van der Waals surface area contributed by atoms with Crippen LogP contribution in [0.5, 0.6) is 0 Å². The van der Waals surface area contributed by atoms with Gasteiger partial charge in [0.1, 0.15) is 11.6 Å². The molecule has 1 aliphatic rings. The summed E-state index contributed by atoms with van der Waals surface area (Å²) in [5, 5.41) is 8.96. The summed E-state index contributed by atoms with van der Waals surface area (Å²) in [4.78, 5) is 7.95. The lowest BCUT2D eigenvalue weighted by Crippen LogP contribution is -2.31. The number of nitrogens with zero attached hydrogens (tertiary/aromatic N) is 4.